The maximum absolute atomic E-state index is 13.0. The first-order chi connectivity index (χ1) is 9.92. The SMILES string of the molecule is CCNC1C(CN(C)Cc2ccc(F)cc2)CCC1(C)C. The first-order valence-electron chi connectivity index (χ1n) is 8.08. The van der Waals surface area contributed by atoms with Crippen LogP contribution in [0, 0.1) is 17.2 Å². The molecule has 2 nitrogen and oxygen atoms in total. The molecule has 1 saturated carbocycles. The zero-order valence-electron chi connectivity index (χ0n) is 13.8. The van der Waals surface area contributed by atoms with Gasteiger partial charge in [-0.3, -0.25) is 0 Å². The molecular formula is C18H29FN2. The number of halogens is 1. The first kappa shape index (κ1) is 16.4. The van der Waals surface area contributed by atoms with E-state index in [4.69, 9.17) is 0 Å². The van der Waals surface area contributed by atoms with Crippen molar-refractivity contribution in [1.29, 1.82) is 0 Å². The van der Waals surface area contributed by atoms with E-state index < -0.39 is 0 Å². The highest BCUT2D eigenvalue weighted by molar-refractivity contribution is 5.15. The van der Waals surface area contributed by atoms with E-state index in [0.717, 1.165) is 19.6 Å². The Bertz CT molecular complexity index is 441. The highest BCUT2D eigenvalue weighted by atomic mass is 19.1. The van der Waals surface area contributed by atoms with Crippen molar-refractivity contribution in [2.75, 3.05) is 20.1 Å². The predicted molar refractivity (Wildman–Crippen MR) is 86.7 cm³/mol. The van der Waals surface area contributed by atoms with Crippen LogP contribution in [0.1, 0.15) is 39.2 Å². The minimum Gasteiger partial charge on any atom is -0.313 e. The van der Waals surface area contributed by atoms with Crippen LogP contribution in [0.3, 0.4) is 0 Å². The molecule has 1 aliphatic rings. The second-order valence-electron chi connectivity index (χ2n) is 7.15. The van der Waals surface area contributed by atoms with Crippen LogP contribution in [-0.4, -0.2) is 31.1 Å². The molecule has 1 aliphatic carbocycles. The molecule has 3 heteroatoms. The van der Waals surface area contributed by atoms with Gasteiger partial charge < -0.3 is 10.2 Å². The van der Waals surface area contributed by atoms with Crippen molar-refractivity contribution >= 4 is 0 Å². The average molecular weight is 292 g/mol. The van der Waals surface area contributed by atoms with Gasteiger partial charge in [0.1, 0.15) is 5.82 Å². The topological polar surface area (TPSA) is 15.3 Å². The van der Waals surface area contributed by atoms with Gasteiger partial charge in [-0.2, -0.15) is 0 Å². The predicted octanol–water partition coefficient (Wildman–Crippen LogP) is 3.67. The largest absolute Gasteiger partial charge is 0.313 e. The second-order valence-corrected chi connectivity index (χ2v) is 7.15. The van der Waals surface area contributed by atoms with Crippen LogP contribution in [-0.2, 0) is 6.54 Å². The number of nitrogens with zero attached hydrogens (tertiary/aromatic N) is 1. The summed E-state index contributed by atoms with van der Waals surface area (Å²) in [7, 11) is 2.16. The van der Waals surface area contributed by atoms with Gasteiger partial charge in [-0.05, 0) is 55.5 Å². The van der Waals surface area contributed by atoms with E-state index >= 15 is 0 Å². The van der Waals surface area contributed by atoms with Crippen LogP contribution in [0.2, 0.25) is 0 Å². The van der Waals surface area contributed by atoms with Crippen molar-refractivity contribution in [1.82, 2.24) is 10.2 Å². The van der Waals surface area contributed by atoms with Crippen LogP contribution in [0.4, 0.5) is 4.39 Å². The molecule has 0 amide bonds. The third kappa shape index (κ3) is 4.27. The van der Waals surface area contributed by atoms with Gasteiger partial charge in [0.15, 0.2) is 0 Å². The van der Waals surface area contributed by atoms with Crippen LogP contribution in [0.15, 0.2) is 24.3 Å². The lowest BCUT2D eigenvalue weighted by Gasteiger charge is -2.33. The van der Waals surface area contributed by atoms with E-state index in [9.17, 15) is 4.39 Å². The highest BCUT2D eigenvalue weighted by Gasteiger charge is 2.41. The maximum atomic E-state index is 13.0. The fraction of sp³-hybridized carbons (Fsp3) is 0.667. The molecule has 0 spiro atoms. The zero-order chi connectivity index (χ0) is 15.5. The monoisotopic (exact) mass is 292 g/mol. The standard InChI is InChI=1S/C18H29FN2/c1-5-20-17-15(10-11-18(17,2)3)13-21(4)12-14-6-8-16(19)9-7-14/h6-9,15,17,20H,5,10-13H2,1-4H3. The molecule has 0 radical (unpaired) electrons. The Morgan fingerprint density at radius 3 is 2.57 bits per heavy atom. The molecule has 0 aliphatic heterocycles. The van der Waals surface area contributed by atoms with Crippen LogP contribution in [0.5, 0.6) is 0 Å². The summed E-state index contributed by atoms with van der Waals surface area (Å²) in [6.45, 7) is 9.95. The minimum atomic E-state index is -0.161. The van der Waals surface area contributed by atoms with Crippen LogP contribution < -0.4 is 5.32 Å². The fourth-order valence-corrected chi connectivity index (χ4v) is 3.74. The molecule has 1 aromatic rings. The Kier molecular flexibility index (Phi) is 5.39. The molecule has 118 valence electrons. The number of hydrogen-bond acceptors (Lipinski definition) is 2. The first-order valence-corrected chi connectivity index (χ1v) is 8.08. The number of nitrogens with one attached hydrogen (secondary N) is 1. The molecule has 21 heavy (non-hydrogen) atoms. The molecule has 0 saturated heterocycles. The quantitative estimate of drug-likeness (QED) is 0.860. The lowest BCUT2D eigenvalue weighted by Crippen LogP contribution is -2.45. The van der Waals surface area contributed by atoms with Gasteiger partial charge in [-0.15, -0.1) is 0 Å². The summed E-state index contributed by atoms with van der Waals surface area (Å²) in [6.07, 6.45) is 2.58. The van der Waals surface area contributed by atoms with Crippen LogP contribution >= 0.6 is 0 Å². The third-order valence-corrected chi connectivity index (χ3v) is 4.81. The summed E-state index contributed by atoms with van der Waals surface area (Å²) in [4.78, 5) is 2.36. The Labute approximate surface area is 128 Å². The molecule has 1 N–H and O–H groups in total. The smallest absolute Gasteiger partial charge is 0.123 e. The molecule has 1 aromatic carbocycles. The summed E-state index contributed by atoms with van der Waals surface area (Å²) in [5, 5.41) is 3.69. The van der Waals surface area contributed by atoms with Gasteiger partial charge in [0.25, 0.3) is 0 Å². The Morgan fingerprint density at radius 2 is 1.95 bits per heavy atom. The van der Waals surface area contributed by atoms with Gasteiger partial charge in [-0.25, -0.2) is 4.39 Å². The summed E-state index contributed by atoms with van der Waals surface area (Å²) >= 11 is 0. The summed E-state index contributed by atoms with van der Waals surface area (Å²) in [5.41, 5.74) is 1.56. The fourth-order valence-electron chi connectivity index (χ4n) is 3.74. The van der Waals surface area contributed by atoms with E-state index in [-0.39, 0.29) is 5.82 Å². The van der Waals surface area contributed by atoms with Crippen molar-refractivity contribution in [2.24, 2.45) is 11.3 Å². The molecule has 0 aromatic heterocycles. The van der Waals surface area contributed by atoms with Crippen molar-refractivity contribution < 1.29 is 4.39 Å². The zero-order valence-corrected chi connectivity index (χ0v) is 13.8. The minimum absolute atomic E-state index is 0.161. The molecule has 2 unspecified atom stereocenters. The van der Waals surface area contributed by atoms with E-state index in [1.807, 2.05) is 12.1 Å². The molecule has 2 atom stereocenters. The third-order valence-electron chi connectivity index (χ3n) is 4.81. The van der Waals surface area contributed by atoms with Gasteiger partial charge >= 0.3 is 0 Å². The summed E-state index contributed by atoms with van der Waals surface area (Å²) < 4.78 is 13.0. The maximum Gasteiger partial charge on any atom is 0.123 e. The molecule has 2 rings (SSSR count). The Hall–Kier alpha value is -0.930. The summed E-state index contributed by atoms with van der Waals surface area (Å²) in [5.74, 6) is 0.538. The lowest BCUT2D eigenvalue weighted by molar-refractivity contribution is 0.202. The molecular weight excluding hydrogens is 263 g/mol. The molecule has 1 fully saturated rings. The van der Waals surface area contributed by atoms with E-state index in [1.165, 1.54) is 18.4 Å². The van der Waals surface area contributed by atoms with E-state index in [1.54, 1.807) is 12.1 Å². The Morgan fingerprint density at radius 1 is 1.29 bits per heavy atom. The highest BCUT2D eigenvalue weighted by Crippen LogP contribution is 2.41. The van der Waals surface area contributed by atoms with Gasteiger partial charge in [-0.1, -0.05) is 32.9 Å². The lowest BCUT2D eigenvalue weighted by atomic mass is 9.84. The van der Waals surface area contributed by atoms with Gasteiger partial charge in [0.2, 0.25) is 0 Å². The van der Waals surface area contributed by atoms with Crippen molar-refractivity contribution in [3.05, 3.63) is 35.6 Å². The Balaban J connectivity index is 1.92. The van der Waals surface area contributed by atoms with Crippen molar-refractivity contribution in [3.8, 4) is 0 Å². The average Bonchev–Trinajstić information content (AvgIpc) is 2.69. The second kappa shape index (κ2) is 6.89. The number of hydrogen-bond donors (Lipinski definition) is 1. The van der Waals surface area contributed by atoms with Crippen molar-refractivity contribution in [2.45, 2.75) is 46.2 Å². The molecule has 0 heterocycles. The van der Waals surface area contributed by atoms with Crippen LogP contribution in [0.25, 0.3) is 0 Å². The van der Waals surface area contributed by atoms with Crippen molar-refractivity contribution in [3.63, 3.8) is 0 Å². The number of benzene rings is 1. The van der Waals surface area contributed by atoms with Gasteiger partial charge in [0.05, 0.1) is 0 Å². The van der Waals surface area contributed by atoms with Gasteiger partial charge in [0, 0.05) is 19.1 Å². The van der Waals surface area contributed by atoms with E-state index in [2.05, 4.69) is 38.0 Å². The summed E-state index contributed by atoms with van der Waals surface area (Å²) in [6, 6.07) is 7.45. The van der Waals surface area contributed by atoms with E-state index in [0.29, 0.717) is 17.4 Å². The number of rotatable bonds is 6. The normalized spacial score (nSPS) is 24.7. The molecule has 0 bridgehead atoms.